The van der Waals surface area contributed by atoms with Crippen molar-refractivity contribution in [3.63, 3.8) is 0 Å². The van der Waals surface area contributed by atoms with E-state index in [-0.39, 0.29) is 35.5 Å². The van der Waals surface area contributed by atoms with E-state index in [0.29, 0.717) is 11.8 Å². The van der Waals surface area contributed by atoms with Crippen LogP contribution in [0.4, 0.5) is 0 Å². The van der Waals surface area contributed by atoms with Crippen molar-refractivity contribution in [2.45, 2.75) is 6.42 Å². The number of imide groups is 1. The molecule has 78 valence electrons. The Balaban J connectivity index is 1.86. The van der Waals surface area contributed by atoms with Gasteiger partial charge in [-0.05, 0) is 30.1 Å². The van der Waals surface area contributed by atoms with Crippen LogP contribution < -0.4 is 5.84 Å². The Morgan fingerprint density at radius 3 is 2.00 bits per heavy atom. The first kappa shape index (κ1) is 8.05. The van der Waals surface area contributed by atoms with E-state index >= 15 is 0 Å². The molecule has 1 aliphatic heterocycles. The summed E-state index contributed by atoms with van der Waals surface area (Å²) in [6, 6.07) is 0. The van der Waals surface area contributed by atoms with Crippen LogP contribution in [0.25, 0.3) is 0 Å². The molecule has 2 N–H and O–H groups in total. The molecule has 0 unspecified atom stereocenters. The van der Waals surface area contributed by atoms with Gasteiger partial charge in [0.2, 0.25) is 11.8 Å². The number of hydrazine groups is 1. The molecule has 0 aromatic rings. The molecular weight excluding hydrogens is 192 g/mol. The van der Waals surface area contributed by atoms with E-state index in [1.54, 1.807) is 0 Å². The lowest BCUT2D eigenvalue weighted by Crippen LogP contribution is -2.40. The lowest BCUT2D eigenvalue weighted by Gasteiger charge is -2.37. The van der Waals surface area contributed by atoms with Gasteiger partial charge in [0.15, 0.2) is 0 Å². The second kappa shape index (κ2) is 2.16. The number of nitrogens with zero attached hydrogens (tertiary/aromatic N) is 1. The third kappa shape index (κ3) is 0.718. The van der Waals surface area contributed by atoms with Crippen molar-refractivity contribution in [3.05, 3.63) is 12.2 Å². The Bertz CT molecular complexity index is 381. The molecule has 3 fully saturated rings. The number of carbonyl (C=O) groups excluding carboxylic acids is 2. The van der Waals surface area contributed by atoms with Crippen molar-refractivity contribution < 1.29 is 9.59 Å². The largest absolute Gasteiger partial charge is 0.273 e. The highest BCUT2D eigenvalue weighted by atomic mass is 16.2. The summed E-state index contributed by atoms with van der Waals surface area (Å²) in [6.45, 7) is 0. The highest BCUT2D eigenvalue weighted by Crippen LogP contribution is 2.65. The second-order valence-electron chi connectivity index (χ2n) is 5.20. The number of nitrogens with two attached hydrogens (primary N) is 1. The van der Waals surface area contributed by atoms with Gasteiger partial charge in [0.05, 0.1) is 11.8 Å². The van der Waals surface area contributed by atoms with Crippen LogP contribution >= 0.6 is 0 Å². The van der Waals surface area contributed by atoms with Crippen molar-refractivity contribution in [2.75, 3.05) is 0 Å². The minimum absolute atomic E-state index is 0.138. The summed E-state index contributed by atoms with van der Waals surface area (Å²) < 4.78 is 0. The molecule has 4 heteroatoms. The van der Waals surface area contributed by atoms with Gasteiger partial charge < -0.3 is 0 Å². The number of carbonyl (C=O) groups is 2. The standard InChI is InChI=1S/C11H12N2O2/c12-13-10(14)8-4-1-2-5(7-3-6(4)7)9(8)11(13)15/h1-2,4-9H,3,12H2/t4-,5-,6+,7+,8+,9+/m0/s1. The van der Waals surface area contributed by atoms with Gasteiger partial charge >= 0.3 is 0 Å². The maximum atomic E-state index is 11.9. The van der Waals surface area contributed by atoms with Crippen molar-refractivity contribution in [3.8, 4) is 0 Å². The molecule has 2 amide bonds. The van der Waals surface area contributed by atoms with Crippen LogP contribution in [0.3, 0.4) is 0 Å². The molecule has 0 aromatic carbocycles. The quantitative estimate of drug-likeness (QED) is 0.260. The number of hydrogen-bond acceptors (Lipinski definition) is 3. The minimum Gasteiger partial charge on any atom is -0.273 e. The zero-order valence-corrected chi connectivity index (χ0v) is 8.17. The van der Waals surface area contributed by atoms with Crippen LogP contribution in [0.15, 0.2) is 12.2 Å². The normalized spacial score (nSPS) is 54.6. The van der Waals surface area contributed by atoms with E-state index in [1.165, 1.54) is 6.42 Å². The topological polar surface area (TPSA) is 63.4 Å². The average Bonchev–Trinajstić information content (AvgIpc) is 3.02. The Morgan fingerprint density at radius 1 is 1.07 bits per heavy atom. The molecule has 4 aliphatic carbocycles. The lowest BCUT2D eigenvalue weighted by molar-refractivity contribution is -0.140. The fourth-order valence-corrected chi connectivity index (χ4v) is 3.98. The summed E-state index contributed by atoms with van der Waals surface area (Å²) in [5, 5.41) is 0.854. The second-order valence-corrected chi connectivity index (χ2v) is 5.20. The average molecular weight is 204 g/mol. The highest BCUT2D eigenvalue weighted by molar-refractivity contribution is 6.05. The first-order valence-corrected chi connectivity index (χ1v) is 5.51. The summed E-state index contributed by atoms with van der Waals surface area (Å²) in [6.07, 6.45) is 5.48. The number of hydrogen-bond donors (Lipinski definition) is 1. The smallest absolute Gasteiger partial charge is 0.248 e. The molecule has 5 aliphatic rings. The number of rotatable bonds is 0. The van der Waals surface area contributed by atoms with E-state index in [9.17, 15) is 9.59 Å². The molecule has 1 saturated heterocycles. The number of amides is 2. The zero-order chi connectivity index (χ0) is 10.3. The molecule has 2 saturated carbocycles. The summed E-state index contributed by atoms with van der Waals surface area (Å²) in [4.78, 5) is 23.7. The van der Waals surface area contributed by atoms with Crippen LogP contribution in [0.1, 0.15) is 6.42 Å². The third-order valence-electron chi connectivity index (χ3n) is 4.70. The molecule has 0 radical (unpaired) electrons. The van der Waals surface area contributed by atoms with Crippen LogP contribution in [-0.2, 0) is 9.59 Å². The van der Waals surface area contributed by atoms with Crippen molar-refractivity contribution in [2.24, 2.45) is 41.4 Å². The zero-order valence-electron chi connectivity index (χ0n) is 8.17. The van der Waals surface area contributed by atoms with E-state index in [1.807, 2.05) is 0 Å². The number of allylic oxidation sites excluding steroid dienone is 2. The van der Waals surface area contributed by atoms with Gasteiger partial charge in [-0.25, -0.2) is 10.9 Å². The van der Waals surface area contributed by atoms with Gasteiger partial charge in [-0.3, -0.25) is 9.59 Å². The first-order chi connectivity index (χ1) is 7.20. The summed E-state index contributed by atoms with van der Waals surface area (Å²) in [7, 11) is 0. The molecule has 6 atom stereocenters. The fourth-order valence-electron chi connectivity index (χ4n) is 3.98. The van der Waals surface area contributed by atoms with Crippen molar-refractivity contribution >= 4 is 11.8 Å². The Morgan fingerprint density at radius 2 is 1.53 bits per heavy atom. The molecule has 0 spiro atoms. The Hall–Kier alpha value is -1.16. The summed E-state index contributed by atoms with van der Waals surface area (Å²) >= 11 is 0. The SMILES string of the molecule is NN1C(=O)[C@@H]2[C@H]3C=C[C@@H]([C@H]4C[C@H]34)[C@H]2C1=O. The van der Waals surface area contributed by atoms with Crippen LogP contribution in [-0.4, -0.2) is 16.8 Å². The van der Waals surface area contributed by atoms with Crippen LogP contribution in [0.5, 0.6) is 0 Å². The van der Waals surface area contributed by atoms with Crippen molar-refractivity contribution in [1.29, 1.82) is 0 Å². The maximum Gasteiger partial charge on any atom is 0.248 e. The highest BCUT2D eigenvalue weighted by Gasteiger charge is 2.66. The Kier molecular flexibility index (Phi) is 1.16. The van der Waals surface area contributed by atoms with Gasteiger partial charge in [-0.1, -0.05) is 12.2 Å². The first-order valence-electron chi connectivity index (χ1n) is 5.51. The van der Waals surface area contributed by atoms with Crippen LogP contribution in [0.2, 0.25) is 0 Å². The predicted octanol–water partition coefficient (Wildman–Crippen LogP) is -0.0868. The molecule has 5 rings (SSSR count). The fraction of sp³-hybridized carbons (Fsp3) is 0.636. The molecular formula is C11H12N2O2. The van der Waals surface area contributed by atoms with Crippen LogP contribution in [0, 0.1) is 35.5 Å². The van der Waals surface area contributed by atoms with E-state index in [2.05, 4.69) is 12.2 Å². The minimum atomic E-state index is -0.158. The van der Waals surface area contributed by atoms with E-state index in [0.717, 1.165) is 5.01 Å². The summed E-state index contributed by atoms with van der Waals surface area (Å²) in [5.74, 6) is 6.80. The van der Waals surface area contributed by atoms with Crippen molar-refractivity contribution in [1.82, 2.24) is 5.01 Å². The molecule has 15 heavy (non-hydrogen) atoms. The molecule has 4 nitrogen and oxygen atoms in total. The van der Waals surface area contributed by atoms with Gasteiger partial charge in [0, 0.05) is 0 Å². The molecule has 2 bridgehead atoms. The molecule has 0 aromatic heterocycles. The lowest BCUT2D eigenvalue weighted by atomic mass is 9.63. The van der Waals surface area contributed by atoms with Gasteiger partial charge in [-0.15, -0.1) is 0 Å². The van der Waals surface area contributed by atoms with Gasteiger partial charge in [0.25, 0.3) is 0 Å². The third-order valence-corrected chi connectivity index (χ3v) is 4.70. The predicted molar refractivity (Wildman–Crippen MR) is 50.7 cm³/mol. The summed E-state index contributed by atoms with van der Waals surface area (Å²) in [5.41, 5.74) is 0. The monoisotopic (exact) mass is 204 g/mol. The Labute approximate surface area is 87.1 Å². The van der Waals surface area contributed by atoms with E-state index < -0.39 is 0 Å². The van der Waals surface area contributed by atoms with Gasteiger partial charge in [-0.2, -0.15) is 0 Å². The maximum absolute atomic E-state index is 11.9. The van der Waals surface area contributed by atoms with Gasteiger partial charge in [0.1, 0.15) is 0 Å². The molecule has 1 heterocycles. The van der Waals surface area contributed by atoms with E-state index in [4.69, 9.17) is 5.84 Å².